The quantitative estimate of drug-likeness (QED) is 0.511. The molecule has 27 heavy (non-hydrogen) atoms. The third-order valence-corrected chi connectivity index (χ3v) is 5.38. The van der Waals surface area contributed by atoms with E-state index in [1.807, 2.05) is 37.3 Å². The van der Waals surface area contributed by atoms with Crippen molar-refractivity contribution in [2.24, 2.45) is 0 Å². The summed E-state index contributed by atoms with van der Waals surface area (Å²) in [6.45, 7) is 1.86. The van der Waals surface area contributed by atoms with E-state index in [1.165, 1.54) is 18.4 Å². The first kappa shape index (κ1) is 17.6. The molecule has 0 aliphatic rings. The summed E-state index contributed by atoms with van der Waals surface area (Å²) in [5.41, 5.74) is 2.09. The van der Waals surface area contributed by atoms with Gasteiger partial charge in [0.25, 0.3) is 5.91 Å². The molecule has 1 N–H and O–H groups in total. The van der Waals surface area contributed by atoms with Crippen molar-refractivity contribution in [1.82, 2.24) is 19.8 Å². The largest absolute Gasteiger partial charge is 0.496 e. The SMILES string of the molecule is COc1ccc(Br)cc1C(=O)Nc1ccc(-c2nn3c(C)nnc3s2)cc1. The molecule has 1 amide bonds. The highest BCUT2D eigenvalue weighted by Gasteiger charge is 2.14. The van der Waals surface area contributed by atoms with Crippen molar-refractivity contribution in [2.75, 3.05) is 12.4 Å². The number of carbonyl (C=O) groups excluding carboxylic acids is 1. The van der Waals surface area contributed by atoms with Crippen LogP contribution >= 0.6 is 27.3 Å². The van der Waals surface area contributed by atoms with Gasteiger partial charge in [0.15, 0.2) is 5.82 Å². The molecule has 0 fully saturated rings. The Morgan fingerprint density at radius 3 is 2.67 bits per heavy atom. The maximum atomic E-state index is 12.6. The third-order valence-electron chi connectivity index (χ3n) is 3.94. The summed E-state index contributed by atoms with van der Waals surface area (Å²) < 4.78 is 7.79. The average Bonchev–Trinajstić information content (AvgIpc) is 3.24. The lowest BCUT2D eigenvalue weighted by Gasteiger charge is -2.10. The zero-order chi connectivity index (χ0) is 19.0. The van der Waals surface area contributed by atoms with Crippen LogP contribution in [-0.4, -0.2) is 32.8 Å². The predicted octanol–water partition coefficient (Wildman–Crippen LogP) is 4.18. The van der Waals surface area contributed by atoms with Gasteiger partial charge in [0.2, 0.25) is 4.96 Å². The lowest BCUT2D eigenvalue weighted by atomic mass is 10.1. The molecule has 4 rings (SSSR count). The van der Waals surface area contributed by atoms with Crippen molar-refractivity contribution in [3.8, 4) is 16.3 Å². The lowest BCUT2D eigenvalue weighted by molar-refractivity contribution is 0.102. The van der Waals surface area contributed by atoms with E-state index < -0.39 is 0 Å². The maximum Gasteiger partial charge on any atom is 0.259 e. The Bertz CT molecular complexity index is 1140. The number of hydrogen-bond acceptors (Lipinski definition) is 6. The standard InChI is InChI=1S/C18H14BrN5O2S/c1-10-21-22-18-24(10)23-17(27-18)11-3-6-13(7-4-11)20-16(25)14-9-12(19)5-8-15(14)26-2/h3-9H,1-2H3,(H,20,25). The molecule has 4 aromatic rings. The van der Waals surface area contributed by atoms with Crippen LogP contribution in [0.5, 0.6) is 5.75 Å². The molecule has 2 heterocycles. The van der Waals surface area contributed by atoms with Gasteiger partial charge in [-0.1, -0.05) is 27.3 Å². The number of carbonyl (C=O) groups is 1. The Kier molecular flexibility index (Phi) is 4.63. The first-order chi connectivity index (χ1) is 13.0. The second-order valence-electron chi connectivity index (χ2n) is 5.72. The third kappa shape index (κ3) is 3.43. The zero-order valence-electron chi connectivity index (χ0n) is 14.4. The number of aromatic nitrogens is 4. The summed E-state index contributed by atoms with van der Waals surface area (Å²) >= 11 is 4.84. The molecule has 0 aliphatic heterocycles. The second kappa shape index (κ2) is 7.09. The summed E-state index contributed by atoms with van der Waals surface area (Å²) in [6.07, 6.45) is 0. The maximum absolute atomic E-state index is 12.6. The number of rotatable bonds is 4. The van der Waals surface area contributed by atoms with Crippen LogP contribution in [-0.2, 0) is 0 Å². The fraction of sp³-hybridized carbons (Fsp3) is 0.111. The van der Waals surface area contributed by atoms with Crippen LogP contribution in [0.3, 0.4) is 0 Å². The van der Waals surface area contributed by atoms with Crippen LogP contribution in [0.2, 0.25) is 0 Å². The van der Waals surface area contributed by atoms with Gasteiger partial charge in [0, 0.05) is 15.7 Å². The van der Waals surface area contributed by atoms with Crippen LogP contribution in [0.15, 0.2) is 46.9 Å². The number of amides is 1. The molecule has 0 spiro atoms. The number of hydrogen-bond donors (Lipinski definition) is 1. The lowest BCUT2D eigenvalue weighted by Crippen LogP contribution is -2.13. The fourth-order valence-corrected chi connectivity index (χ4v) is 3.84. The fourth-order valence-electron chi connectivity index (χ4n) is 2.58. The minimum absolute atomic E-state index is 0.240. The molecule has 0 aliphatic carbocycles. The van der Waals surface area contributed by atoms with E-state index in [9.17, 15) is 4.79 Å². The minimum atomic E-state index is -0.240. The van der Waals surface area contributed by atoms with Crippen molar-refractivity contribution in [2.45, 2.75) is 6.92 Å². The summed E-state index contributed by atoms with van der Waals surface area (Å²) in [4.78, 5) is 13.3. The summed E-state index contributed by atoms with van der Waals surface area (Å²) in [7, 11) is 1.54. The van der Waals surface area contributed by atoms with E-state index in [-0.39, 0.29) is 5.91 Å². The molecule has 0 atom stereocenters. The van der Waals surface area contributed by atoms with Gasteiger partial charge in [0.05, 0.1) is 12.7 Å². The predicted molar refractivity (Wildman–Crippen MR) is 107 cm³/mol. The molecular formula is C18H14BrN5O2S. The molecular weight excluding hydrogens is 430 g/mol. The van der Waals surface area contributed by atoms with E-state index >= 15 is 0 Å². The first-order valence-corrected chi connectivity index (χ1v) is 9.60. The molecule has 0 bridgehead atoms. The summed E-state index contributed by atoms with van der Waals surface area (Å²) in [5.74, 6) is 1.03. The molecule has 0 unspecified atom stereocenters. The van der Waals surface area contributed by atoms with Gasteiger partial charge in [0.1, 0.15) is 10.8 Å². The highest BCUT2D eigenvalue weighted by Crippen LogP contribution is 2.27. The van der Waals surface area contributed by atoms with Gasteiger partial charge in [-0.05, 0) is 49.4 Å². The van der Waals surface area contributed by atoms with Crippen molar-refractivity contribution in [1.29, 1.82) is 0 Å². The van der Waals surface area contributed by atoms with Crippen molar-refractivity contribution >= 4 is 43.8 Å². The second-order valence-corrected chi connectivity index (χ2v) is 7.60. The van der Waals surface area contributed by atoms with E-state index in [0.717, 1.165) is 25.8 Å². The molecule has 0 saturated carbocycles. The number of nitrogens with one attached hydrogen (secondary N) is 1. The van der Waals surface area contributed by atoms with E-state index in [0.29, 0.717) is 17.0 Å². The van der Waals surface area contributed by atoms with Crippen LogP contribution in [0.25, 0.3) is 15.5 Å². The Morgan fingerprint density at radius 1 is 1.19 bits per heavy atom. The Morgan fingerprint density at radius 2 is 1.96 bits per heavy atom. The molecule has 7 nitrogen and oxygen atoms in total. The molecule has 2 aromatic heterocycles. The summed E-state index contributed by atoms with van der Waals surface area (Å²) in [5, 5.41) is 16.3. The van der Waals surface area contributed by atoms with E-state index in [1.54, 1.807) is 16.6 Å². The van der Waals surface area contributed by atoms with Gasteiger partial charge in [-0.3, -0.25) is 4.79 Å². The number of benzene rings is 2. The Hall–Kier alpha value is -2.78. The van der Waals surface area contributed by atoms with Gasteiger partial charge in [-0.2, -0.15) is 9.61 Å². The number of ether oxygens (including phenoxy) is 1. The van der Waals surface area contributed by atoms with Crippen LogP contribution in [0.1, 0.15) is 16.2 Å². The highest BCUT2D eigenvalue weighted by atomic mass is 79.9. The number of fused-ring (bicyclic) bond motifs is 1. The number of anilines is 1. The number of nitrogens with zero attached hydrogens (tertiary/aromatic N) is 4. The van der Waals surface area contributed by atoms with Gasteiger partial charge in [-0.25, -0.2) is 0 Å². The smallest absolute Gasteiger partial charge is 0.259 e. The van der Waals surface area contributed by atoms with Crippen molar-refractivity contribution in [3.63, 3.8) is 0 Å². The summed E-state index contributed by atoms with van der Waals surface area (Å²) in [6, 6.07) is 12.8. The number of methoxy groups -OCH3 is 1. The Labute approximate surface area is 167 Å². The van der Waals surface area contributed by atoms with Gasteiger partial charge in [-0.15, -0.1) is 10.2 Å². The molecule has 0 radical (unpaired) electrons. The van der Waals surface area contributed by atoms with E-state index in [2.05, 4.69) is 36.5 Å². The van der Waals surface area contributed by atoms with Crippen LogP contribution in [0.4, 0.5) is 5.69 Å². The van der Waals surface area contributed by atoms with Crippen LogP contribution in [0, 0.1) is 6.92 Å². The first-order valence-electron chi connectivity index (χ1n) is 7.99. The average molecular weight is 444 g/mol. The van der Waals surface area contributed by atoms with Gasteiger partial charge < -0.3 is 10.1 Å². The van der Waals surface area contributed by atoms with E-state index in [4.69, 9.17) is 4.74 Å². The topological polar surface area (TPSA) is 81.4 Å². The molecule has 136 valence electrons. The highest BCUT2D eigenvalue weighted by molar-refractivity contribution is 9.10. The normalized spacial score (nSPS) is 10.9. The Balaban J connectivity index is 1.55. The molecule has 2 aromatic carbocycles. The molecule has 0 saturated heterocycles. The monoisotopic (exact) mass is 443 g/mol. The minimum Gasteiger partial charge on any atom is -0.496 e. The van der Waals surface area contributed by atoms with Crippen molar-refractivity contribution < 1.29 is 9.53 Å². The number of halogens is 1. The zero-order valence-corrected chi connectivity index (χ0v) is 16.8. The van der Waals surface area contributed by atoms with Crippen LogP contribution < -0.4 is 10.1 Å². The number of aryl methyl sites for hydroxylation is 1. The molecule has 9 heteroatoms. The van der Waals surface area contributed by atoms with Crippen molar-refractivity contribution in [3.05, 3.63) is 58.3 Å². The van der Waals surface area contributed by atoms with Gasteiger partial charge >= 0.3 is 0 Å².